The number of nitrogen functional groups attached to an aromatic ring is 1. The standard InChI is InChI=1S/C15H24N4O/c1-18(2)13-5-7-19(8-6-13)10-12-4-3-11(15(17)20)9-14(12)16/h3-4,9,13H,5-8,10,16H2,1-2H3,(H2,17,20). The van der Waals surface area contributed by atoms with Crippen LogP contribution in [0.1, 0.15) is 28.8 Å². The number of piperidine rings is 1. The van der Waals surface area contributed by atoms with E-state index < -0.39 is 5.91 Å². The van der Waals surface area contributed by atoms with Crippen molar-refractivity contribution >= 4 is 11.6 Å². The zero-order chi connectivity index (χ0) is 14.7. The molecule has 1 amide bonds. The van der Waals surface area contributed by atoms with Crippen LogP contribution in [0.4, 0.5) is 5.69 Å². The van der Waals surface area contributed by atoms with Gasteiger partial charge in [0.2, 0.25) is 5.91 Å². The normalized spacial score (nSPS) is 17.6. The van der Waals surface area contributed by atoms with E-state index in [4.69, 9.17) is 11.5 Å². The van der Waals surface area contributed by atoms with Gasteiger partial charge in [0.25, 0.3) is 0 Å². The van der Waals surface area contributed by atoms with E-state index in [1.54, 1.807) is 12.1 Å². The lowest BCUT2D eigenvalue weighted by molar-refractivity contribution is 0.100. The van der Waals surface area contributed by atoms with Crippen molar-refractivity contribution in [3.8, 4) is 0 Å². The first-order valence-electron chi connectivity index (χ1n) is 7.04. The Labute approximate surface area is 120 Å². The van der Waals surface area contributed by atoms with E-state index in [0.717, 1.165) is 25.2 Å². The van der Waals surface area contributed by atoms with Crippen molar-refractivity contribution in [1.82, 2.24) is 9.80 Å². The molecular formula is C15H24N4O. The highest BCUT2D eigenvalue weighted by atomic mass is 16.1. The fourth-order valence-corrected chi connectivity index (χ4v) is 2.73. The van der Waals surface area contributed by atoms with Crippen LogP contribution in [0.25, 0.3) is 0 Å². The molecule has 0 spiro atoms. The van der Waals surface area contributed by atoms with E-state index in [0.29, 0.717) is 17.3 Å². The van der Waals surface area contributed by atoms with Gasteiger partial charge in [-0.1, -0.05) is 6.07 Å². The molecule has 110 valence electrons. The predicted octanol–water partition coefficient (Wildman–Crippen LogP) is 0.894. The third-order valence-electron chi connectivity index (χ3n) is 4.11. The molecule has 1 aromatic rings. The summed E-state index contributed by atoms with van der Waals surface area (Å²) in [6.07, 6.45) is 2.37. The van der Waals surface area contributed by atoms with E-state index in [-0.39, 0.29) is 0 Å². The summed E-state index contributed by atoms with van der Waals surface area (Å²) < 4.78 is 0. The first-order valence-corrected chi connectivity index (χ1v) is 7.04. The molecule has 1 saturated heterocycles. The summed E-state index contributed by atoms with van der Waals surface area (Å²) in [7, 11) is 4.28. The molecule has 20 heavy (non-hydrogen) atoms. The minimum absolute atomic E-state index is 0.435. The third-order valence-corrected chi connectivity index (χ3v) is 4.11. The number of anilines is 1. The Hall–Kier alpha value is -1.59. The Kier molecular flexibility index (Phi) is 4.62. The Balaban J connectivity index is 1.96. The molecule has 0 saturated carbocycles. The Morgan fingerprint density at radius 2 is 2.00 bits per heavy atom. The van der Waals surface area contributed by atoms with Gasteiger partial charge < -0.3 is 16.4 Å². The maximum atomic E-state index is 11.1. The summed E-state index contributed by atoms with van der Waals surface area (Å²) in [5, 5.41) is 0. The van der Waals surface area contributed by atoms with Crippen LogP contribution in [0.3, 0.4) is 0 Å². The summed E-state index contributed by atoms with van der Waals surface area (Å²) in [4.78, 5) is 15.8. The number of carbonyl (C=O) groups is 1. The lowest BCUT2D eigenvalue weighted by atomic mass is 10.0. The summed E-state index contributed by atoms with van der Waals surface area (Å²) in [5.41, 5.74) is 13.4. The molecule has 0 atom stereocenters. The van der Waals surface area contributed by atoms with Crippen LogP contribution < -0.4 is 11.5 Å². The van der Waals surface area contributed by atoms with Crippen molar-refractivity contribution in [2.75, 3.05) is 32.9 Å². The van der Waals surface area contributed by atoms with Gasteiger partial charge >= 0.3 is 0 Å². The molecule has 0 radical (unpaired) electrons. The first-order chi connectivity index (χ1) is 9.47. The average molecular weight is 276 g/mol. The third kappa shape index (κ3) is 3.49. The molecule has 0 aliphatic carbocycles. The van der Waals surface area contributed by atoms with Gasteiger partial charge in [0, 0.05) is 23.8 Å². The number of primary amides is 1. The van der Waals surface area contributed by atoms with Crippen molar-refractivity contribution in [2.24, 2.45) is 5.73 Å². The maximum absolute atomic E-state index is 11.1. The van der Waals surface area contributed by atoms with Crippen LogP contribution in [0.5, 0.6) is 0 Å². The molecule has 5 heteroatoms. The molecule has 4 N–H and O–H groups in total. The highest BCUT2D eigenvalue weighted by Crippen LogP contribution is 2.20. The number of amides is 1. The number of benzene rings is 1. The van der Waals surface area contributed by atoms with E-state index >= 15 is 0 Å². The largest absolute Gasteiger partial charge is 0.398 e. The lowest BCUT2D eigenvalue weighted by Gasteiger charge is -2.35. The smallest absolute Gasteiger partial charge is 0.248 e. The molecule has 0 unspecified atom stereocenters. The van der Waals surface area contributed by atoms with Gasteiger partial charge in [0.1, 0.15) is 0 Å². The molecule has 1 aromatic carbocycles. The Bertz CT molecular complexity index is 479. The first kappa shape index (κ1) is 14.8. The van der Waals surface area contributed by atoms with Crippen molar-refractivity contribution in [3.05, 3.63) is 29.3 Å². The molecule has 5 nitrogen and oxygen atoms in total. The minimum atomic E-state index is -0.435. The average Bonchev–Trinajstić information content (AvgIpc) is 2.41. The van der Waals surface area contributed by atoms with Gasteiger partial charge in [-0.15, -0.1) is 0 Å². The monoisotopic (exact) mass is 276 g/mol. The topological polar surface area (TPSA) is 75.6 Å². The predicted molar refractivity (Wildman–Crippen MR) is 81.4 cm³/mol. The second kappa shape index (κ2) is 6.24. The second-order valence-corrected chi connectivity index (χ2v) is 5.75. The molecule has 1 aliphatic heterocycles. The van der Waals surface area contributed by atoms with E-state index in [2.05, 4.69) is 23.9 Å². The molecule has 0 bridgehead atoms. The molecule has 2 rings (SSSR count). The van der Waals surface area contributed by atoms with Gasteiger partial charge in [-0.2, -0.15) is 0 Å². The Morgan fingerprint density at radius 3 is 2.50 bits per heavy atom. The van der Waals surface area contributed by atoms with Crippen molar-refractivity contribution < 1.29 is 4.79 Å². The number of rotatable bonds is 4. The van der Waals surface area contributed by atoms with Crippen LogP contribution in [0, 0.1) is 0 Å². The fourth-order valence-electron chi connectivity index (χ4n) is 2.73. The quantitative estimate of drug-likeness (QED) is 0.801. The number of likely N-dealkylation sites (tertiary alicyclic amines) is 1. The molecule has 1 heterocycles. The fraction of sp³-hybridized carbons (Fsp3) is 0.533. The van der Waals surface area contributed by atoms with Crippen molar-refractivity contribution in [2.45, 2.75) is 25.4 Å². The van der Waals surface area contributed by atoms with E-state index in [9.17, 15) is 4.79 Å². The van der Waals surface area contributed by atoms with Crippen molar-refractivity contribution in [1.29, 1.82) is 0 Å². The molecular weight excluding hydrogens is 252 g/mol. The van der Waals surface area contributed by atoms with Crippen molar-refractivity contribution in [3.63, 3.8) is 0 Å². The number of hydrogen-bond acceptors (Lipinski definition) is 4. The van der Waals surface area contributed by atoms with Crippen LogP contribution in [0.15, 0.2) is 18.2 Å². The molecule has 1 aliphatic rings. The highest BCUT2D eigenvalue weighted by Gasteiger charge is 2.21. The summed E-state index contributed by atoms with van der Waals surface area (Å²) in [6, 6.07) is 6.01. The SMILES string of the molecule is CN(C)C1CCN(Cc2ccc(C(N)=O)cc2N)CC1. The van der Waals surface area contributed by atoms with Crippen LogP contribution in [0.2, 0.25) is 0 Å². The zero-order valence-electron chi connectivity index (χ0n) is 12.3. The lowest BCUT2D eigenvalue weighted by Crippen LogP contribution is -2.41. The van der Waals surface area contributed by atoms with Gasteiger partial charge in [0.15, 0.2) is 0 Å². The highest BCUT2D eigenvalue weighted by molar-refractivity contribution is 5.93. The maximum Gasteiger partial charge on any atom is 0.248 e. The van der Waals surface area contributed by atoms with Gasteiger partial charge in [-0.3, -0.25) is 9.69 Å². The van der Waals surface area contributed by atoms with E-state index in [1.165, 1.54) is 12.8 Å². The number of nitrogens with zero attached hydrogens (tertiary/aromatic N) is 2. The van der Waals surface area contributed by atoms with Crippen LogP contribution in [-0.4, -0.2) is 48.9 Å². The zero-order valence-corrected chi connectivity index (χ0v) is 12.3. The number of carbonyl (C=O) groups excluding carboxylic acids is 1. The molecule has 1 fully saturated rings. The van der Waals surface area contributed by atoms with Crippen LogP contribution in [-0.2, 0) is 6.54 Å². The van der Waals surface area contributed by atoms with E-state index in [1.807, 2.05) is 6.07 Å². The number of nitrogens with two attached hydrogens (primary N) is 2. The second-order valence-electron chi connectivity index (χ2n) is 5.75. The van der Waals surface area contributed by atoms with Crippen LogP contribution >= 0.6 is 0 Å². The minimum Gasteiger partial charge on any atom is -0.398 e. The van der Waals surface area contributed by atoms with Gasteiger partial charge in [0.05, 0.1) is 0 Å². The van der Waals surface area contributed by atoms with Gasteiger partial charge in [-0.05, 0) is 57.7 Å². The summed E-state index contributed by atoms with van der Waals surface area (Å²) in [6.45, 7) is 3.00. The number of hydrogen-bond donors (Lipinski definition) is 2. The Morgan fingerprint density at radius 1 is 1.35 bits per heavy atom. The summed E-state index contributed by atoms with van der Waals surface area (Å²) >= 11 is 0. The molecule has 0 aromatic heterocycles. The van der Waals surface area contributed by atoms with Gasteiger partial charge in [-0.25, -0.2) is 0 Å². The summed E-state index contributed by atoms with van der Waals surface area (Å²) in [5.74, 6) is -0.435.